The van der Waals surface area contributed by atoms with Crippen LogP contribution in [0.25, 0.3) is 0 Å². The van der Waals surface area contributed by atoms with Gasteiger partial charge in [0.1, 0.15) is 11.7 Å². The summed E-state index contributed by atoms with van der Waals surface area (Å²) in [6.07, 6.45) is 3.67. The van der Waals surface area contributed by atoms with Crippen LogP contribution in [0.4, 0.5) is 0 Å². The first-order valence-electron chi connectivity index (χ1n) is 9.40. The zero-order valence-corrected chi connectivity index (χ0v) is 15.6. The van der Waals surface area contributed by atoms with Crippen LogP contribution in [0.3, 0.4) is 0 Å². The Morgan fingerprint density at radius 2 is 2.26 bits per heavy atom. The average Bonchev–Trinajstić information content (AvgIpc) is 3.32. The molecule has 2 atom stereocenters. The third kappa shape index (κ3) is 4.37. The zero-order chi connectivity index (χ0) is 18.7. The van der Waals surface area contributed by atoms with E-state index in [-0.39, 0.29) is 5.91 Å². The number of hydrogen-bond donors (Lipinski definition) is 2. The normalized spacial score (nSPS) is 25.7. The Labute approximate surface area is 159 Å². The molecule has 0 bridgehead atoms. The highest BCUT2D eigenvalue weighted by molar-refractivity contribution is 5.81. The fraction of sp³-hybridized carbons (Fsp3) is 0.500. The fourth-order valence-electron chi connectivity index (χ4n) is 3.77. The maximum absolute atomic E-state index is 12.5. The summed E-state index contributed by atoms with van der Waals surface area (Å²) < 4.78 is 11.9. The minimum Gasteiger partial charge on any atom is -0.370 e. The minimum absolute atomic E-state index is 0.0678. The summed E-state index contributed by atoms with van der Waals surface area (Å²) in [5, 5.41) is 2.98. The number of imidazole rings is 1. The Kier molecular flexibility index (Phi) is 5.24. The standard InChI is InChI=1S/C20H26N4O3/c1-15-2-4-16(5-3-15)9-22-19(25)18-8-20(13-26-18)12-24(6-7-27-20)11-17-10-21-14-23-17/h2-5,10,14,18H,6-9,11-13H2,1H3,(H,21,23)(H,22,25). The maximum Gasteiger partial charge on any atom is 0.249 e. The molecular formula is C20H26N4O3. The fourth-order valence-corrected chi connectivity index (χ4v) is 3.77. The smallest absolute Gasteiger partial charge is 0.249 e. The van der Waals surface area contributed by atoms with E-state index in [0.29, 0.717) is 26.2 Å². The van der Waals surface area contributed by atoms with Crippen molar-refractivity contribution in [1.82, 2.24) is 20.2 Å². The molecule has 7 nitrogen and oxygen atoms in total. The summed E-state index contributed by atoms with van der Waals surface area (Å²) in [4.78, 5) is 22.1. The van der Waals surface area contributed by atoms with E-state index in [4.69, 9.17) is 9.47 Å². The van der Waals surface area contributed by atoms with Crippen molar-refractivity contribution in [3.63, 3.8) is 0 Å². The van der Waals surface area contributed by atoms with Crippen LogP contribution >= 0.6 is 0 Å². The van der Waals surface area contributed by atoms with Crippen LogP contribution in [-0.4, -0.2) is 58.8 Å². The van der Waals surface area contributed by atoms with Crippen molar-refractivity contribution < 1.29 is 14.3 Å². The lowest BCUT2D eigenvalue weighted by atomic mass is 9.97. The van der Waals surface area contributed by atoms with E-state index in [9.17, 15) is 4.79 Å². The molecule has 2 saturated heterocycles. The van der Waals surface area contributed by atoms with Crippen molar-refractivity contribution in [2.24, 2.45) is 0 Å². The van der Waals surface area contributed by atoms with E-state index in [1.54, 1.807) is 6.33 Å². The van der Waals surface area contributed by atoms with Gasteiger partial charge in [-0.2, -0.15) is 0 Å². The Morgan fingerprint density at radius 3 is 3.04 bits per heavy atom. The topological polar surface area (TPSA) is 79.5 Å². The van der Waals surface area contributed by atoms with Crippen LogP contribution in [0.5, 0.6) is 0 Å². The van der Waals surface area contributed by atoms with Crippen LogP contribution in [0.15, 0.2) is 36.8 Å². The number of ether oxygens (including phenoxy) is 2. The Bertz CT molecular complexity index is 762. The van der Waals surface area contributed by atoms with E-state index in [2.05, 4.69) is 20.2 Å². The predicted molar refractivity (Wildman–Crippen MR) is 99.9 cm³/mol. The number of aromatic amines is 1. The largest absolute Gasteiger partial charge is 0.370 e. The maximum atomic E-state index is 12.5. The number of carbonyl (C=O) groups excluding carboxylic acids is 1. The highest BCUT2D eigenvalue weighted by atomic mass is 16.6. The number of rotatable bonds is 5. The summed E-state index contributed by atoms with van der Waals surface area (Å²) >= 11 is 0. The first-order valence-corrected chi connectivity index (χ1v) is 9.40. The molecule has 2 unspecified atom stereocenters. The molecule has 2 aliphatic rings. The summed E-state index contributed by atoms with van der Waals surface area (Å²) in [5.74, 6) is -0.0678. The molecule has 7 heteroatoms. The molecule has 2 aliphatic heterocycles. The third-order valence-corrected chi connectivity index (χ3v) is 5.26. The number of benzene rings is 1. The molecule has 4 rings (SSSR count). The van der Waals surface area contributed by atoms with Gasteiger partial charge in [0.2, 0.25) is 5.91 Å². The van der Waals surface area contributed by atoms with E-state index < -0.39 is 11.7 Å². The highest BCUT2D eigenvalue weighted by Crippen LogP contribution is 2.32. The molecule has 1 aromatic carbocycles. The van der Waals surface area contributed by atoms with Gasteiger partial charge in [0.15, 0.2) is 0 Å². The van der Waals surface area contributed by atoms with Gasteiger partial charge in [-0.25, -0.2) is 4.98 Å². The number of carbonyl (C=O) groups is 1. The number of hydrogen-bond acceptors (Lipinski definition) is 5. The summed E-state index contributed by atoms with van der Waals surface area (Å²) in [6, 6.07) is 8.16. The lowest BCUT2D eigenvalue weighted by Crippen LogP contribution is -2.52. The molecule has 3 heterocycles. The Balaban J connectivity index is 1.30. The van der Waals surface area contributed by atoms with Gasteiger partial charge in [-0.05, 0) is 12.5 Å². The predicted octanol–water partition coefficient (Wildman–Crippen LogP) is 1.39. The molecule has 0 radical (unpaired) electrons. The first-order chi connectivity index (χ1) is 13.1. The number of aromatic nitrogens is 2. The van der Waals surface area contributed by atoms with Crippen LogP contribution in [-0.2, 0) is 27.4 Å². The molecule has 144 valence electrons. The van der Waals surface area contributed by atoms with Gasteiger partial charge >= 0.3 is 0 Å². The van der Waals surface area contributed by atoms with Crippen molar-refractivity contribution >= 4 is 5.91 Å². The number of H-pyrrole nitrogens is 1. The van der Waals surface area contributed by atoms with E-state index in [0.717, 1.165) is 30.9 Å². The SMILES string of the molecule is Cc1ccc(CNC(=O)C2CC3(CO2)CN(Cc2cnc[nH]2)CCO3)cc1. The van der Waals surface area contributed by atoms with E-state index in [1.165, 1.54) is 5.56 Å². The van der Waals surface area contributed by atoms with E-state index in [1.807, 2.05) is 37.4 Å². The first kappa shape index (κ1) is 18.2. The number of nitrogens with one attached hydrogen (secondary N) is 2. The second-order valence-electron chi connectivity index (χ2n) is 7.53. The van der Waals surface area contributed by atoms with Crippen molar-refractivity contribution in [3.8, 4) is 0 Å². The van der Waals surface area contributed by atoms with Crippen molar-refractivity contribution in [2.75, 3.05) is 26.3 Å². The highest BCUT2D eigenvalue weighted by Gasteiger charge is 2.46. The molecule has 0 saturated carbocycles. The minimum atomic E-state index is -0.456. The molecule has 1 spiro atoms. The Morgan fingerprint density at radius 1 is 1.41 bits per heavy atom. The van der Waals surface area contributed by atoms with Gasteiger partial charge in [0.05, 0.1) is 19.5 Å². The van der Waals surface area contributed by atoms with Crippen LogP contribution in [0.2, 0.25) is 0 Å². The van der Waals surface area contributed by atoms with E-state index >= 15 is 0 Å². The molecule has 0 aliphatic carbocycles. The lowest BCUT2D eigenvalue weighted by molar-refractivity contribution is -0.130. The monoisotopic (exact) mass is 370 g/mol. The average molecular weight is 370 g/mol. The molecule has 27 heavy (non-hydrogen) atoms. The summed E-state index contributed by atoms with van der Waals surface area (Å²) in [5.41, 5.74) is 2.98. The molecule has 2 N–H and O–H groups in total. The van der Waals surface area contributed by atoms with Gasteiger partial charge in [0, 0.05) is 44.5 Å². The summed E-state index contributed by atoms with van der Waals surface area (Å²) in [7, 11) is 0. The summed E-state index contributed by atoms with van der Waals surface area (Å²) in [6.45, 7) is 6.09. The van der Waals surface area contributed by atoms with Crippen molar-refractivity contribution in [3.05, 3.63) is 53.6 Å². The van der Waals surface area contributed by atoms with Crippen molar-refractivity contribution in [1.29, 1.82) is 0 Å². The van der Waals surface area contributed by atoms with Crippen LogP contribution in [0, 0.1) is 6.92 Å². The van der Waals surface area contributed by atoms with Crippen molar-refractivity contribution in [2.45, 2.75) is 38.1 Å². The Hall–Kier alpha value is -2.22. The zero-order valence-electron chi connectivity index (χ0n) is 15.6. The molecular weight excluding hydrogens is 344 g/mol. The molecule has 2 aromatic rings. The van der Waals surface area contributed by atoms with Gasteiger partial charge in [-0.1, -0.05) is 29.8 Å². The van der Waals surface area contributed by atoms with Gasteiger partial charge in [0.25, 0.3) is 0 Å². The molecule has 1 aromatic heterocycles. The van der Waals surface area contributed by atoms with Crippen LogP contribution < -0.4 is 5.32 Å². The quantitative estimate of drug-likeness (QED) is 0.832. The van der Waals surface area contributed by atoms with Crippen LogP contribution in [0.1, 0.15) is 23.2 Å². The number of morpholine rings is 1. The molecule has 1 amide bonds. The number of amides is 1. The van der Waals surface area contributed by atoms with Gasteiger partial charge in [-0.15, -0.1) is 0 Å². The van der Waals surface area contributed by atoms with Gasteiger partial charge < -0.3 is 19.8 Å². The molecule has 2 fully saturated rings. The lowest BCUT2D eigenvalue weighted by Gasteiger charge is -2.39. The third-order valence-electron chi connectivity index (χ3n) is 5.26. The number of nitrogens with zero attached hydrogens (tertiary/aromatic N) is 2. The second-order valence-corrected chi connectivity index (χ2v) is 7.53. The second kappa shape index (κ2) is 7.80. The van der Waals surface area contributed by atoms with Gasteiger partial charge in [-0.3, -0.25) is 9.69 Å². The number of aryl methyl sites for hydroxylation is 1.